The summed E-state index contributed by atoms with van der Waals surface area (Å²) in [5.41, 5.74) is 4.73. The van der Waals surface area contributed by atoms with Gasteiger partial charge < -0.3 is 9.72 Å². The molecule has 0 aliphatic heterocycles. The Hall–Kier alpha value is -2.03. The molecule has 128 valence electrons. The van der Waals surface area contributed by atoms with Crippen molar-refractivity contribution in [3.05, 3.63) is 58.9 Å². The fraction of sp³-hybridized carbons (Fsp3) is 0.476. The lowest BCUT2D eigenvalue weighted by Gasteiger charge is -2.08. The first-order valence-electron chi connectivity index (χ1n) is 8.61. The van der Waals surface area contributed by atoms with Gasteiger partial charge in [-0.1, -0.05) is 57.5 Å². The third-order valence-corrected chi connectivity index (χ3v) is 6.06. The summed E-state index contributed by atoms with van der Waals surface area (Å²) in [7, 11) is 0. The van der Waals surface area contributed by atoms with Gasteiger partial charge in [-0.25, -0.2) is 0 Å². The summed E-state index contributed by atoms with van der Waals surface area (Å²) >= 11 is 0. The number of H-pyrrole nitrogens is 1. The second kappa shape index (κ2) is 5.80. The van der Waals surface area contributed by atoms with Crippen LogP contribution in [-0.2, 0) is 22.6 Å². The molecule has 0 unspecified atom stereocenters. The molecular weight excluding hydrogens is 298 g/mol. The van der Waals surface area contributed by atoms with Crippen LogP contribution in [0.2, 0.25) is 0 Å². The molecule has 3 nitrogen and oxygen atoms in total. The second-order valence-corrected chi connectivity index (χ2v) is 8.13. The summed E-state index contributed by atoms with van der Waals surface area (Å²) < 4.78 is 5.61. The maximum Gasteiger partial charge on any atom is 0.310 e. The fourth-order valence-electron chi connectivity index (χ4n) is 3.67. The van der Waals surface area contributed by atoms with Gasteiger partial charge in [-0.05, 0) is 41.4 Å². The number of hydrogen-bond acceptors (Lipinski definition) is 2. The van der Waals surface area contributed by atoms with E-state index in [2.05, 4.69) is 69.9 Å². The highest BCUT2D eigenvalue weighted by Crippen LogP contribution is 2.68. The molecule has 0 spiro atoms. The highest BCUT2D eigenvalue weighted by atomic mass is 16.5. The molecule has 1 aliphatic carbocycles. The van der Waals surface area contributed by atoms with E-state index in [0.29, 0.717) is 6.61 Å². The number of aromatic amines is 1. The van der Waals surface area contributed by atoms with E-state index in [1.807, 2.05) is 6.20 Å². The Kier molecular flexibility index (Phi) is 4.06. The highest BCUT2D eigenvalue weighted by Gasteiger charge is 2.69. The minimum absolute atomic E-state index is 0.0134. The second-order valence-electron chi connectivity index (χ2n) is 8.13. The number of carbonyl (C=O) groups excluding carboxylic acids is 1. The van der Waals surface area contributed by atoms with Crippen molar-refractivity contribution in [3.8, 4) is 0 Å². The third-order valence-electron chi connectivity index (χ3n) is 6.06. The number of benzene rings is 1. The number of hydrogen-bond donors (Lipinski definition) is 1. The lowest BCUT2D eigenvalue weighted by atomic mass is 10.0. The monoisotopic (exact) mass is 325 g/mol. The van der Waals surface area contributed by atoms with Crippen LogP contribution in [0.3, 0.4) is 0 Å². The molecule has 3 rings (SSSR count). The molecule has 0 radical (unpaired) electrons. The van der Waals surface area contributed by atoms with Crippen LogP contribution in [0.15, 0.2) is 36.5 Å². The van der Waals surface area contributed by atoms with Crippen molar-refractivity contribution in [3.63, 3.8) is 0 Å². The van der Waals surface area contributed by atoms with Crippen LogP contribution in [0, 0.1) is 23.7 Å². The number of carbonyl (C=O) groups is 1. The van der Waals surface area contributed by atoms with Crippen molar-refractivity contribution in [2.45, 2.75) is 47.6 Å². The van der Waals surface area contributed by atoms with Gasteiger partial charge in [0.05, 0.1) is 11.6 Å². The first kappa shape index (κ1) is 16.8. The zero-order valence-corrected chi connectivity index (χ0v) is 15.3. The first-order valence-corrected chi connectivity index (χ1v) is 8.61. The molecule has 0 amide bonds. The number of rotatable bonds is 5. The largest absolute Gasteiger partial charge is 0.459 e. The summed E-state index contributed by atoms with van der Waals surface area (Å²) in [5, 5.41) is 0. The molecule has 3 heteroatoms. The maximum atomic E-state index is 12.4. The Labute approximate surface area is 144 Å². The van der Waals surface area contributed by atoms with Gasteiger partial charge >= 0.3 is 5.97 Å². The Morgan fingerprint density at radius 3 is 2.29 bits per heavy atom. The Morgan fingerprint density at radius 1 is 1.08 bits per heavy atom. The first-order chi connectivity index (χ1) is 11.2. The molecule has 0 bridgehead atoms. The van der Waals surface area contributed by atoms with Crippen LogP contribution in [-0.4, -0.2) is 11.0 Å². The van der Waals surface area contributed by atoms with Crippen molar-refractivity contribution in [2.75, 3.05) is 0 Å². The van der Waals surface area contributed by atoms with Crippen LogP contribution in [0.1, 0.15) is 50.1 Å². The fourth-order valence-corrected chi connectivity index (χ4v) is 3.67. The number of aromatic nitrogens is 1. The van der Waals surface area contributed by atoms with Gasteiger partial charge in [0.15, 0.2) is 0 Å². The molecule has 0 atom stereocenters. The average Bonchev–Trinajstić information content (AvgIpc) is 2.81. The van der Waals surface area contributed by atoms with Crippen molar-refractivity contribution in [1.29, 1.82) is 0 Å². The quantitative estimate of drug-likeness (QED) is 0.814. The van der Waals surface area contributed by atoms with Crippen molar-refractivity contribution in [2.24, 2.45) is 16.7 Å². The van der Waals surface area contributed by atoms with Crippen LogP contribution >= 0.6 is 0 Å². The van der Waals surface area contributed by atoms with E-state index in [1.54, 1.807) is 0 Å². The predicted molar refractivity (Wildman–Crippen MR) is 95.6 cm³/mol. The van der Waals surface area contributed by atoms with Crippen molar-refractivity contribution < 1.29 is 9.53 Å². The predicted octanol–water partition coefficient (Wildman–Crippen LogP) is 4.64. The van der Waals surface area contributed by atoms with E-state index < -0.39 is 0 Å². The minimum Gasteiger partial charge on any atom is -0.459 e. The smallest absolute Gasteiger partial charge is 0.310 e. The van der Waals surface area contributed by atoms with Crippen molar-refractivity contribution >= 4 is 5.97 Å². The van der Waals surface area contributed by atoms with Gasteiger partial charge in [0, 0.05) is 6.20 Å². The lowest BCUT2D eigenvalue weighted by molar-refractivity contribution is -0.148. The number of ether oxygens (including phenoxy) is 1. The zero-order valence-electron chi connectivity index (χ0n) is 15.3. The molecule has 1 fully saturated rings. The summed E-state index contributed by atoms with van der Waals surface area (Å²) in [5.74, 6) is -0.0959. The van der Waals surface area contributed by atoms with E-state index in [4.69, 9.17) is 4.74 Å². The van der Waals surface area contributed by atoms with Gasteiger partial charge in [0.2, 0.25) is 0 Å². The number of aryl methyl sites for hydroxylation is 1. The molecule has 1 aromatic heterocycles. The summed E-state index contributed by atoms with van der Waals surface area (Å²) in [6.07, 6.45) is 2.76. The molecule has 1 N–H and O–H groups in total. The molecular formula is C21H27NO2. The molecule has 24 heavy (non-hydrogen) atoms. The number of nitrogens with one attached hydrogen (secondary N) is 1. The standard InChI is InChI=1S/C21H27NO2/c1-14-6-8-15(9-7-14)12-16-10-11-22-17(16)13-24-19(23)18-20(2,3)21(18,4)5/h6-11,18,22H,12-13H2,1-5H3. The third kappa shape index (κ3) is 2.88. The highest BCUT2D eigenvalue weighted by molar-refractivity contribution is 5.78. The normalized spacial score (nSPS) is 18.4. The summed E-state index contributed by atoms with van der Waals surface area (Å²) in [6, 6.07) is 10.6. The topological polar surface area (TPSA) is 42.1 Å². The molecule has 1 aromatic carbocycles. The SMILES string of the molecule is Cc1ccc(Cc2cc[nH]c2COC(=O)C2C(C)(C)C2(C)C)cc1. The van der Waals surface area contributed by atoms with Crippen molar-refractivity contribution in [1.82, 2.24) is 4.98 Å². The molecule has 2 aromatic rings. The van der Waals surface area contributed by atoms with Crippen LogP contribution in [0.4, 0.5) is 0 Å². The van der Waals surface area contributed by atoms with Crippen LogP contribution in [0.5, 0.6) is 0 Å². The number of esters is 1. The van der Waals surface area contributed by atoms with E-state index in [1.165, 1.54) is 16.7 Å². The molecule has 1 heterocycles. The Bertz CT molecular complexity index is 723. The summed E-state index contributed by atoms with van der Waals surface area (Å²) in [4.78, 5) is 15.6. The average molecular weight is 325 g/mol. The van der Waals surface area contributed by atoms with E-state index in [-0.39, 0.29) is 22.7 Å². The Morgan fingerprint density at radius 2 is 1.71 bits per heavy atom. The molecule has 0 saturated heterocycles. The van der Waals surface area contributed by atoms with Crippen LogP contribution < -0.4 is 0 Å². The molecule has 1 saturated carbocycles. The minimum atomic E-state index is -0.0825. The molecule has 1 aliphatic rings. The zero-order chi connectivity index (χ0) is 17.5. The van der Waals surface area contributed by atoms with E-state index in [0.717, 1.165) is 12.1 Å². The summed E-state index contributed by atoms with van der Waals surface area (Å²) in [6.45, 7) is 10.9. The lowest BCUT2D eigenvalue weighted by Crippen LogP contribution is -2.12. The Balaban J connectivity index is 1.62. The van der Waals surface area contributed by atoms with E-state index >= 15 is 0 Å². The van der Waals surface area contributed by atoms with Crippen LogP contribution in [0.25, 0.3) is 0 Å². The van der Waals surface area contributed by atoms with Gasteiger partial charge in [-0.15, -0.1) is 0 Å². The van der Waals surface area contributed by atoms with Gasteiger partial charge in [0.1, 0.15) is 6.61 Å². The maximum absolute atomic E-state index is 12.4. The van der Waals surface area contributed by atoms with Gasteiger partial charge in [0.25, 0.3) is 0 Å². The van der Waals surface area contributed by atoms with E-state index in [9.17, 15) is 4.79 Å². The van der Waals surface area contributed by atoms with Gasteiger partial charge in [-0.3, -0.25) is 4.79 Å². The van der Waals surface area contributed by atoms with Gasteiger partial charge in [-0.2, -0.15) is 0 Å².